The average molecular weight is 584 g/mol. The highest BCUT2D eigenvalue weighted by Crippen LogP contribution is 2.26. The fraction of sp³-hybridized carbons (Fsp3) is 0.355. The van der Waals surface area contributed by atoms with E-state index in [1.54, 1.807) is 24.3 Å². The lowest BCUT2D eigenvalue weighted by atomic mass is 10.1. The van der Waals surface area contributed by atoms with Crippen LogP contribution in [0.5, 0.6) is 0 Å². The van der Waals surface area contributed by atoms with Gasteiger partial charge in [-0.25, -0.2) is 8.42 Å². The zero-order chi connectivity index (χ0) is 29.4. The number of carbonyl (C=O) groups excluding carboxylic acids is 2. The Labute approximate surface area is 243 Å². The standard InChI is InChI=1S/C31H38ClN3O4S/c1-6-24(5)33-31(37)29(7-2)34(20-25-10-8-9-23(4)19-25)30(36)21-35(27-15-11-22(3)12-16-27)40(38,39)28-17-13-26(32)14-18-28/h8-19,24,29H,6-7,20-21H2,1-5H3,(H,33,37)/t24-,29+/m0/s1. The number of aryl methyl sites for hydroxylation is 2. The molecule has 0 aliphatic rings. The number of hydrogen-bond acceptors (Lipinski definition) is 4. The molecule has 0 aromatic heterocycles. The molecule has 3 aromatic rings. The fourth-order valence-electron chi connectivity index (χ4n) is 4.34. The molecule has 9 heteroatoms. The van der Waals surface area contributed by atoms with E-state index in [2.05, 4.69) is 5.32 Å². The predicted octanol–water partition coefficient (Wildman–Crippen LogP) is 5.87. The van der Waals surface area contributed by atoms with Gasteiger partial charge in [0.1, 0.15) is 12.6 Å². The molecule has 0 saturated heterocycles. The number of nitrogens with one attached hydrogen (secondary N) is 1. The normalized spacial score (nSPS) is 12.8. The number of halogens is 1. The Bertz CT molecular complexity index is 1410. The number of amides is 2. The molecular formula is C31H38ClN3O4S. The predicted molar refractivity (Wildman–Crippen MR) is 161 cm³/mol. The lowest BCUT2D eigenvalue weighted by Crippen LogP contribution is -2.53. The number of sulfonamides is 1. The van der Waals surface area contributed by atoms with Gasteiger partial charge < -0.3 is 10.2 Å². The highest BCUT2D eigenvalue weighted by molar-refractivity contribution is 7.92. The van der Waals surface area contributed by atoms with Gasteiger partial charge in [0.05, 0.1) is 10.6 Å². The molecule has 0 aliphatic heterocycles. The summed E-state index contributed by atoms with van der Waals surface area (Å²) in [5.74, 6) is -0.744. The average Bonchev–Trinajstić information content (AvgIpc) is 2.92. The molecule has 0 bridgehead atoms. The molecule has 0 spiro atoms. The van der Waals surface area contributed by atoms with Crippen molar-refractivity contribution in [1.82, 2.24) is 10.2 Å². The maximum atomic E-state index is 14.1. The summed E-state index contributed by atoms with van der Waals surface area (Å²) in [6, 6.07) is 19.7. The first-order valence-corrected chi connectivity index (χ1v) is 15.3. The quantitative estimate of drug-likeness (QED) is 0.289. The minimum absolute atomic E-state index is 0.0112. The van der Waals surface area contributed by atoms with Gasteiger partial charge in [-0.3, -0.25) is 13.9 Å². The molecule has 0 heterocycles. The maximum Gasteiger partial charge on any atom is 0.264 e. The van der Waals surface area contributed by atoms with E-state index in [-0.39, 0.29) is 23.4 Å². The van der Waals surface area contributed by atoms with Gasteiger partial charge in [0.25, 0.3) is 10.0 Å². The van der Waals surface area contributed by atoms with Crippen molar-refractivity contribution in [1.29, 1.82) is 0 Å². The second-order valence-corrected chi connectivity index (χ2v) is 12.4. The van der Waals surface area contributed by atoms with Crippen molar-refractivity contribution >= 4 is 39.1 Å². The first kappa shape index (κ1) is 31.2. The van der Waals surface area contributed by atoms with E-state index < -0.39 is 28.5 Å². The van der Waals surface area contributed by atoms with Crippen LogP contribution in [0.15, 0.2) is 77.7 Å². The largest absolute Gasteiger partial charge is 0.352 e. The van der Waals surface area contributed by atoms with Gasteiger partial charge in [-0.05, 0) is 75.6 Å². The first-order valence-electron chi connectivity index (χ1n) is 13.5. The van der Waals surface area contributed by atoms with Crippen molar-refractivity contribution in [2.75, 3.05) is 10.8 Å². The van der Waals surface area contributed by atoms with Crippen molar-refractivity contribution in [2.24, 2.45) is 0 Å². The SMILES string of the molecule is CC[C@H](C(=O)N[C@@H](C)CC)N(Cc1cccc(C)c1)C(=O)CN(c1ccc(C)cc1)S(=O)(=O)c1ccc(Cl)cc1. The van der Waals surface area contributed by atoms with Crippen LogP contribution >= 0.6 is 11.6 Å². The highest BCUT2D eigenvalue weighted by atomic mass is 35.5. The van der Waals surface area contributed by atoms with E-state index in [1.807, 2.05) is 58.9 Å². The van der Waals surface area contributed by atoms with E-state index >= 15 is 0 Å². The Morgan fingerprint density at radius 1 is 0.900 bits per heavy atom. The van der Waals surface area contributed by atoms with Crippen LogP contribution in [0.25, 0.3) is 0 Å². The topological polar surface area (TPSA) is 86.8 Å². The van der Waals surface area contributed by atoms with Gasteiger partial charge in [0.2, 0.25) is 11.8 Å². The Balaban J connectivity index is 2.05. The number of benzene rings is 3. The first-order chi connectivity index (χ1) is 19.0. The summed E-state index contributed by atoms with van der Waals surface area (Å²) in [6.45, 7) is 9.28. The van der Waals surface area contributed by atoms with E-state index in [0.29, 0.717) is 17.1 Å². The van der Waals surface area contributed by atoms with Gasteiger partial charge in [0, 0.05) is 17.6 Å². The van der Waals surface area contributed by atoms with Crippen LogP contribution < -0.4 is 9.62 Å². The van der Waals surface area contributed by atoms with Crippen LogP contribution in [-0.2, 0) is 26.2 Å². The number of anilines is 1. The zero-order valence-corrected chi connectivity index (χ0v) is 25.3. The Morgan fingerprint density at radius 3 is 2.12 bits per heavy atom. The molecule has 2 amide bonds. The molecule has 1 N–H and O–H groups in total. The third-order valence-corrected chi connectivity index (χ3v) is 8.86. The Kier molecular flexibility index (Phi) is 10.8. The summed E-state index contributed by atoms with van der Waals surface area (Å²) in [6.07, 6.45) is 1.11. The van der Waals surface area contributed by atoms with E-state index in [0.717, 1.165) is 27.4 Å². The molecule has 0 fully saturated rings. The third kappa shape index (κ3) is 7.86. The molecule has 40 heavy (non-hydrogen) atoms. The molecule has 0 aliphatic carbocycles. The van der Waals surface area contributed by atoms with Crippen LogP contribution in [0.4, 0.5) is 5.69 Å². The minimum Gasteiger partial charge on any atom is -0.352 e. The molecule has 0 unspecified atom stereocenters. The molecular weight excluding hydrogens is 546 g/mol. The third-order valence-electron chi connectivity index (χ3n) is 6.82. The lowest BCUT2D eigenvalue weighted by Gasteiger charge is -2.33. The zero-order valence-electron chi connectivity index (χ0n) is 23.7. The summed E-state index contributed by atoms with van der Waals surface area (Å²) < 4.78 is 28.9. The van der Waals surface area contributed by atoms with Crippen LogP contribution in [0.2, 0.25) is 5.02 Å². The van der Waals surface area contributed by atoms with Crippen molar-refractivity contribution in [2.45, 2.75) is 71.0 Å². The summed E-state index contributed by atoms with van der Waals surface area (Å²) in [7, 11) is -4.14. The smallest absolute Gasteiger partial charge is 0.264 e. The van der Waals surface area contributed by atoms with Crippen LogP contribution in [-0.4, -0.2) is 43.8 Å². The van der Waals surface area contributed by atoms with Crippen LogP contribution in [0.3, 0.4) is 0 Å². The monoisotopic (exact) mass is 583 g/mol. The van der Waals surface area contributed by atoms with E-state index in [4.69, 9.17) is 11.6 Å². The summed E-state index contributed by atoms with van der Waals surface area (Å²) in [5, 5.41) is 3.39. The maximum absolute atomic E-state index is 14.1. The van der Waals surface area contributed by atoms with Crippen molar-refractivity contribution in [3.05, 3.63) is 94.5 Å². The molecule has 2 atom stereocenters. The van der Waals surface area contributed by atoms with Crippen LogP contribution in [0, 0.1) is 13.8 Å². The van der Waals surface area contributed by atoms with Crippen molar-refractivity contribution in [3.8, 4) is 0 Å². The fourth-order valence-corrected chi connectivity index (χ4v) is 5.88. The number of rotatable bonds is 12. The Morgan fingerprint density at radius 2 is 1.55 bits per heavy atom. The number of hydrogen-bond donors (Lipinski definition) is 1. The van der Waals surface area contributed by atoms with E-state index in [9.17, 15) is 18.0 Å². The minimum atomic E-state index is -4.14. The summed E-state index contributed by atoms with van der Waals surface area (Å²) >= 11 is 6.01. The molecule has 3 rings (SSSR count). The molecule has 0 saturated carbocycles. The van der Waals surface area contributed by atoms with Gasteiger partial charge in [-0.2, -0.15) is 0 Å². The second kappa shape index (κ2) is 13.8. The lowest BCUT2D eigenvalue weighted by molar-refractivity contribution is -0.140. The molecule has 7 nitrogen and oxygen atoms in total. The molecule has 3 aromatic carbocycles. The van der Waals surface area contributed by atoms with Gasteiger partial charge >= 0.3 is 0 Å². The number of nitrogens with zero attached hydrogens (tertiary/aromatic N) is 2. The van der Waals surface area contributed by atoms with Crippen molar-refractivity contribution < 1.29 is 18.0 Å². The summed E-state index contributed by atoms with van der Waals surface area (Å²) in [4.78, 5) is 28.9. The van der Waals surface area contributed by atoms with Gasteiger partial charge in [-0.1, -0.05) is 73.0 Å². The van der Waals surface area contributed by atoms with Gasteiger partial charge in [0.15, 0.2) is 0 Å². The Hall–Kier alpha value is -3.36. The summed E-state index contributed by atoms with van der Waals surface area (Å²) in [5.41, 5.74) is 3.17. The van der Waals surface area contributed by atoms with Crippen molar-refractivity contribution in [3.63, 3.8) is 0 Å². The highest BCUT2D eigenvalue weighted by Gasteiger charge is 2.34. The van der Waals surface area contributed by atoms with Crippen LogP contribution in [0.1, 0.15) is 50.3 Å². The van der Waals surface area contributed by atoms with Gasteiger partial charge in [-0.15, -0.1) is 0 Å². The number of carbonyl (C=O) groups is 2. The molecule has 0 radical (unpaired) electrons. The second-order valence-electron chi connectivity index (χ2n) is 10.1. The van der Waals surface area contributed by atoms with E-state index in [1.165, 1.54) is 29.2 Å². The molecule has 214 valence electrons.